The van der Waals surface area contributed by atoms with Crippen molar-refractivity contribution in [3.8, 4) is 0 Å². The first-order valence-electron chi connectivity index (χ1n) is 7.09. The van der Waals surface area contributed by atoms with Crippen LogP contribution in [0.25, 0.3) is 0 Å². The number of sulfonamides is 1. The number of hydrogen-bond donors (Lipinski definition) is 2. The third-order valence-corrected chi connectivity index (χ3v) is 4.78. The zero-order chi connectivity index (χ0) is 17.7. The third kappa shape index (κ3) is 5.17. The maximum absolute atomic E-state index is 12.9. The minimum atomic E-state index is -3.32. The molecule has 2 aromatic carbocycles. The van der Waals surface area contributed by atoms with E-state index in [2.05, 4.69) is 10.6 Å². The van der Waals surface area contributed by atoms with Crippen LogP contribution >= 0.6 is 12.2 Å². The molecule has 0 heterocycles. The van der Waals surface area contributed by atoms with Crippen LogP contribution in [0.2, 0.25) is 0 Å². The summed E-state index contributed by atoms with van der Waals surface area (Å²) in [6.07, 6.45) is 1.14. The Kier molecular flexibility index (Phi) is 5.74. The molecule has 0 saturated heterocycles. The van der Waals surface area contributed by atoms with Gasteiger partial charge in [0.25, 0.3) is 0 Å². The number of thiocarbonyl (C=S) groups is 1. The SMILES string of the molecule is CN(c1cccc(NC(=S)NCc2ccc(F)cc2)c1)S(C)(=O)=O. The fraction of sp³-hybridized carbons (Fsp3) is 0.188. The molecule has 0 radical (unpaired) electrons. The van der Waals surface area contributed by atoms with Crippen molar-refractivity contribution in [3.63, 3.8) is 0 Å². The minimum Gasteiger partial charge on any atom is -0.358 e. The van der Waals surface area contributed by atoms with Crippen molar-refractivity contribution in [3.05, 3.63) is 59.9 Å². The molecular weight excluding hydrogens is 349 g/mol. The van der Waals surface area contributed by atoms with Crippen LogP contribution in [0.1, 0.15) is 5.56 Å². The molecule has 8 heteroatoms. The Morgan fingerprint density at radius 2 is 1.88 bits per heavy atom. The summed E-state index contributed by atoms with van der Waals surface area (Å²) in [4.78, 5) is 0. The van der Waals surface area contributed by atoms with Gasteiger partial charge in [0.2, 0.25) is 10.0 Å². The number of halogens is 1. The molecule has 5 nitrogen and oxygen atoms in total. The molecule has 2 aromatic rings. The Morgan fingerprint density at radius 1 is 1.21 bits per heavy atom. The van der Waals surface area contributed by atoms with E-state index in [-0.39, 0.29) is 5.82 Å². The van der Waals surface area contributed by atoms with Crippen LogP contribution < -0.4 is 14.9 Å². The van der Waals surface area contributed by atoms with Crippen molar-refractivity contribution in [1.82, 2.24) is 5.32 Å². The zero-order valence-corrected chi connectivity index (χ0v) is 14.9. The van der Waals surface area contributed by atoms with Gasteiger partial charge in [-0.05, 0) is 48.1 Å². The van der Waals surface area contributed by atoms with Gasteiger partial charge in [-0.25, -0.2) is 12.8 Å². The van der Waals surface area contributed by atoms with Crippen molar-refractivity contribution >= 4 is 38.7 Å². The van der Waals surface area contributed by atoms with Gasteiger partial charge in [0.15, 0.2) is 5.11 Å². The van der Waals surface area contributed by atoms with Gasteiger partial charge in [-0.1, -0.05) is 18.2 Å². The fourth-order valence-electron chi connectivity index (χ4n) is 1.93. The van der Waals surface area contributed by atoms with Crippen molar-refractivity contribution in [2.75, 3.05) is 22.9 Å². The number of nitrogens with zero attached hydrogens (tertiary/aromatic N) is 1. The average molecular weight is 367 g/mol. The van der Waals surface area contributed by atoms with Crippen molar-refractivity contribution in [2.24, 2.45) is 0 Å². The largest absolute Gasteiger partial charge is 0.358 e. The molecule has 0 spiro atoms. The smallest absolute Gasteiger partial charge is 0.231 e. The molecule has 0 atom stereocenters. The summed E-state index contributed by atoms with van der Waals surface area (Å²) in [5, 5.41) is 6.39. The first-order chi connectivity index (χ1) is 11.3. The highest BCUT2D eigenvalue weighted by molar-refractivity contribution is 7.92. The summed E-state index contributed by atoms with van der Waals surface area (Å²) in [6.45, 7) is 0.453. The Bertz CT molecular complexity index is 823. The standard InChI is InChI=1S/C16H18FN3O2S2/c1-20(24(2,21)22)15-5-3-4-14(10-15)19-16(23)18-11-12-6-8-13(17)9-7-12/h3-10H,11H2,1-2H3,(H2,18,19,23). The number of hydrogen-bond acceptors (Lipinski definition) is 3. The van der Waals surface area contributed by atoms with E-state index in [0.717, 1.165) is 11.8 Å². The van der Waals surface area contributed by atoms with Crippen LogP contribution in [0.5, 0.6) is 0 Å². The van der Waals surface area contributed by atoms with Crippen LogP contribution in [-0.4, -0.2) is 26.8 Å². The normalized spacial score (nSPS) is 11.0. The molecule has 2 rings (SSSR count). The predicted molar refractivity (Wildman–Crippen MR) is 99.1 cm³/mol. The van der Waals surface area contributed by atoms with E-state index < -0.39 is 10.0 Å². The molecule has 0 amide bonds. The lowest BCUT2D eigenvalue weighted by atomic mass is 10.2. The van der Waals surface area contributed by atoms with Crippen molar-refractivity contribution in [2.45, 2.75) is 6.54 Å². The second-order valence-corrected chi connectivity index (χ2v) is 7.64. The van der Waals surface area contributed by atoms with E-state index in [1.807, 2.05) is 0 Å². The van der Waals surface area contributed by atoms with Crippen LogP contribution in [0, 0.1) is 5.82 Å². The molecule has 2 N–H and O–H groups in total. The highest BCUT2D eigenvalue weighted by atomic mass is 32.2. The molecule has 0 saturated carbocycles. The zero-order valence-electron chi connectivity index (χ0n) is 13.3. The molecule has 24 heavy (non-hydrogen) atoms. The lowest BCUT2D eigenvalue weighted by molar-refractivity contribution is 0.600. The number of nitrogens with one attached hydrogen (secondary N) is 2. The third-order valence-electron chi connectivity index (χ3n) is 3.33. The van der Waals surface area contributed by atoms with Crippen molar-refractivity contribution in [1.29, 1.82) is 0 Å². The molecule has 0 aliphatic carbocycles. The molecule has 0 bridgehead atoms. The van der Waals surface area contributed by atoms with E-state index in [0.29, 0.717) is 23.0 Å². The van der Waals surface area contributed by atoms with E-state index in [1.54, 1.807) is 36.4 Å². The predicted octanol–water partition coefficient (Wildman–Crippen LogP) is 2.71. The first kappa shape index (κ1) is 18.2. The molecule has 0 unspecified atom stereocenters. The van der Waals surface area contributed by atoms with Gasteiger partial charge in [0, 0.05) is 19.3 Å². The maximum atomic E-state index is 12.9. The topological polar surface area (TPSA) is 61.4 Å². The Labute approximate surface area is 146 Å². The molecule has 0 aliphatic rings. The first-order valence-corrected chi connectivity index (χ1v) is 9.34. The van der Waals surface area contributed by atoms with Crippen LogP contribution in [0.3, 0.4) is 0 Å². The van der Waals surface area contributed by atoms with Crippen LogP contribution in [0.4, 0.5) is 15.8 Å². The Morgan fingerprint density at radius 3 is 2.50 bits per heavy atom. The molecular formula is C16H18FN3O2S2. The van der Waals surface area contributed by atoms with Crippen LogP contribution in [-0.2, 0) is 16.6 Å². The number of anilines is 2. The number of benzene rings is 2. The lowest BCUT2D eigenvalue weighted by Crippen LogP contribution is -2.28. The Balaban J connectivity index is 1.98. The molecule has 128 valence electrons. The highest BCUT2D eigenvalue weighted by Crippen LogP contribution is 2.20. The summed E-state index contributed by atoms with van der Waals surface area (Å²) >= 11 is 5.22. The minimum absolute atomic E-state index is 0.286. The van der Waals surface area contributed by atoms with Gasteiger partial charge in [-0.3, -0.25) is 4.31 Å². The summed E-state index contributed by atoms with van der Waals surface area (Å²) in [5.41, 5.74) is 2.09. The molecule has 0 aromatic heterocycles. The number of rotatable bonds is 5. The van der Waals surface area contributed by atoms with E-state index >= 15 is 0 Å². The van der Waals surface area contributed by atoms with E-state index in [9.17, 15) is 12.8 Å². The van der Waals surface area contributed by atoms with E-state index in [1.165, 1.54) is 23.5 Å². The fourth-order valence-corrected chi connectivity index (χ4v) is 2.62. The van der Waals surface area contributed by atoms with Gasteiger partial charge < -0.3 is 10.6 Å². The Hall–Kier alpha value is -2.19. The van der Waals surface area contributed by atoms with Crippen molar-refractivity contribution < 1.29 is 12.8 Å². The second kappa shape index (κ2) is 7.59. The quantitative estimate of drug-likeness (QED) is 0.796. The van der Waals surface area contributed by atoms with Gasteiger partial charge in [-0.2, -0.15) is 0 Å². The maximum Gasteiger partial charge on any atom is 0.231 e. The average Bonchev–Trinajstić information content (AvgIpc) is 2.53. The lowest BCUT2D eigenvalue weighted by Gasteiger charge is -2.18. The summed E-state index contributed by atoms with van der Waals surface area (Å²) in [5.74, 6) is -0.286. The van der Waals surface area contributed by atoms with E-state index in [4.69, 9.17) is 12.2 Å². The molecule has 0 aliphatic heterocycles. The molecule has 0 fully saturated rings. The summed E-state index contributed by atoms with van der Waals surface area (Å²) in [6, 6.07) is 13.0. The summed E-state index contributed by atoms with van der Waals surface area (Å²) < 4.78 is 37.2. The van der Waals surface area contributed by atoms with Gasteiger partial charge >= 0.3 is 0 Å². The van der Waals surface area contributed by atoms with Gasteiger partial charge in [0.1, 0.15) is 5.82 Å². The van der Waals surface area contributed by atoms with Crippen LogP contribution in [0.15, 0.2) is 48.5 Å². The highest BCUT2D eigenvalue weighted by Gasteiger charge is 2.12. The monoisotopic (exact) mass is 367 g/mol. The second-order valence-electron chi connectivity index (χ2n) is 5.21. The van der Waals surface area contributed by atoms with Gasteiger partial charge in [0.05, 0.1) is 11.9 Å². The van der Waals surface area contributed by atoms with Gasteiger partial charge in [-0.15, -0.1) is 0 Å². The summed E-state index contributed by atoms with van der Waals surface area (Å²) in [7, 11) is -1.84.